The average Bonchev–Trinajstić information content (AvgIpc) is 2.58. The molecule has 5 rings (SSSR count). The zero-order chi connectivity index (χ0) is 15.9. The van der Waals surface area contributed by atoms with Gasteiger partial charge in [0.15, 0.2) is 0 Å². The predicted octanol–water partition coefficient (Wildman–Crippen LogP) is 6.80. The van der Waals surface area contributed by atoms with Gasteiger partial charge in [-0.25, -0.2) is 0 Å². The molecule has 4 heteroatoms. The molecule has 0 bridgehead atoms. The highest BCUT2D eigenvalue weighted by atomic mass is 15.2. The maximum absolute atomic E-state index is 4.33. The van der Waals surface area contributed by atoms with E-state index in [1.54, 1.807) is 6.20 Å². The van der Waals surface area contributed by atoms with Gasteiger partial charge in [0.25, 0.3) is 0 Å². The summed E-state index contributed by atoms with van der Waals surface area (Å²) in [6.45, 7) is 0. The van der Waals surface area contributed by atoms with Crippen LogP contribution in [0.4, 0.5) is 11.4 Å². The van der Waals surface area contributed by atoms with E-state index < -0.39 is 0 Å². The van der Waals surface area contributed by atoms with Crippen molar-refractivity contribution >= 4 is 43.7 Å². The van der Waals surface area contributed by atoms with E-state index in [1.165, 1.54) is 27.7 Å². The Morgan fingerprint density at radius 1 is 0.542 bits per heavy atom. The fourth-order valence-electron chi connectivity index (χ4n) is 3.17. The molecular formula is C20H12N4. The molecule has 0 fully saturated rings. The smallest absolute Gasteiger partial charge is 0.121 e. The van der Waals surface area contributed by atoms with Crippen LogP contribution >= 0.6 is 0 Å². The summed E-state index contributed by atoms with van der Waals surface area (Å²) in [5.41, 5.74) is 1.49. The molecule has 0 amide bonds. The molecule has 0 spiro atoms. The molecule has 4 aromatic carbocycles. The minimum atomic E-state index is 0.732. The van der Waals surface area contributed by atoms with Gasteiger partial charge in [0.1, 0.15) is 11.4 Å². The van der Waals surface area contributed by atoms with Crippen LogP contribution in [0.1, 0.15) is 0 Å². The molecule has 0 saturated carbocycles. The standard InChI is InChI=1S/C20H12N4/c1-2-4-14-10-17-12-18-15(11-16(17)9-13(14)3-1)5-6-19-20(18)24-22-8-7-21-23-19/h1-12H. The summed E-state index contributed by atoms with van der Waals surface area (Å²) in [5, 5.41) is 23.6. The Morgan fingerprint density at radius 2 is 1.21 bits per heavy atom. The molecule has 112 valence electrons. The lowest BCUT2D eigenvalue weighted by atomic mass is 9.98. The van der Waals surface area contributed by atoms with Crippen molar-refractivity contribution in [2.24, 2.45) is 20.5 Å². The first-order valence-electron chi connectivity index (χ1n) is 7.74. The van der Waals surface area contributed by atoms with Gasteiger partial charge in [-0.05, 0) is 57.3 Å². The lowest BCUT2D eigenvalue weighted by Crippen LogP contribution is -1.80. The summed E-state index contributed by atoms with van der Waals surface area (Å²) in [7, 11) is 0. The van der Waals surface area contributed by atoms with E-state index >= 15 is 0 Å². The third kappa shape index (κ3) is 2.01. The average molecular weight is 308 g/mol. The van der Waals surface area contributed by atoms with Crippen LogP contribution in [0.15, 0.2) is 93.5 Å². The van der Waals surface area contributed by atoms with Crippen molar-refractivity contribution in [3.63, 3.8) is 0 Å². The number of fused-ring (bicyclic) bond motifs is 5. The van der Waals surface area contributed by atoms with E-state index in [0.717, 1.165) is 22.1 Å². The first-order chi connectivity index (χ1) is 11.9. The molecule has 4 nitrogen and oxygen atoms in total. The number of benzene rings is 4. The Morgan fingerprint density at radius 3 is 2.00 bits per heavy atom. The number of rotatable bonds is 0. The molecule has 0 unspecified atom stereocenters. The van der Waals surface area contributed by atoms with Crippen molar-refractivity contribution in [2.45, 2.75) is 0 Å². The van der Waals surface area contributed by atoms with Crippen molar-refractivity contribution in [1.82, 2.24) is 0 Å². The Bertz CT molecular complexity index is 1200. The number of hydrogen-bond acceptors (Lipinski definition) is 4. The van der Waals surface area contributed by atoms with E-state index in [-0.39, 0.29) is 0 Å². The Hall–Kier alpha value is -3.40. The van der Waals surface area contributed by atoms with Crippen molar-refractivity contribution in [3.05, 3.63) is 73.1 Å². The van der Waals surface area contributed by atoms with Gasteiger partial charge < -0.3 is 0 Å². The third-order valence-electron chi connectivity index (χ3n) is 4.31. The van der Waals surface area contributed by atoms with E-state index in [4.69, 9.17) is 0 Å². The zero-order valence-electron chi connectivity index (χ0n) is 12.7. The van der Waals surface area contributed by atoms with Crippen LogP contribution in [0.25, 0.3) is 32.3 Å². The molecule has 0 aromatic heterocycles. The lowest BCUT2D eigenvalue weighted by molar-refractivity contribution is 1.14. The number of nitrogens with zero attached hydrogens (tertiary/aromatic N) is 4. The molecule has 1 aliphatic rings. The molecule has 0 aliphatic carbocycles. The Kier molecular flexibility index (Phi) is 2.76. The maximum Gasteiger partial charge on any atom is 0.121 e. The monoisotopic (exact) mass is 308 g/mol. The molecule has 0 N–H and O–H groups in total. The molecule has 0 radical (unpaired) electrons. The van der Waals surface area contributed by atoms with Crippen LogP contribution in [0, 0.1) is 0 Å². The third-order valence-corrected chi connectivity index (χ3v) is 4.31. The Balaban J connectivity index is 1.89. The van der Waals surface area contributed by atoms with Gasteiger partial charge in [0, 0.05) is 5.39 Å². The van der Waals surface area contributed by atoms with Crippen molar-refractivity contribution in [1.29, 1.82) is 0 Å². The van der Waals surface area contributed by atoms with Gasteiger partial charge in [-0.2, -0.15) is 10.2 Å². The van der Waals surface area contributed by atoms with Gasteiger partial charge in [-0.3, -0.25) is 0 Å². The van der Waals surface area contributed by atoms with Crippen LogP contribution in [0.3, 0.4) is 0 Å². The normalized spacial score (nSPS) is 13.3. The summed E-state index contributed by atoms with van der Waals surface area (Å²) in [5.74, 6) is 0. The largest absolute Gasteiger partial charge is 0.157 e. The molecule has 0 atom stereocenters. The van der Waals surface area contributed by atoms with Gasteiger partial charge in [-0.1, -0.05) is 30.3 Å². The van der Waals surface area contributed by atoms with Gasteiger partial charge in [0.05, 0.1) is 12.4 Å². The van der Waals surface area contributed by atoms with Crippen molar-refractivity contribution in [3.8, 4) is 0 Å². The van der Waals surface area contributed by atoms with Gasteiger partial charge >= 0.3 is 0 Å². The van der Waals surface area contributed by atoms with Gasteiger partial charge in [-0.15, -0.1) is 10.2 Å². The fraction of sp³-hybridized carbons (Fsp3) is 0. The van der Waals surface area contributed by atoms with E-state index in [1.807, 2.05) is 6.07 Å². The predicted molar refractivity (Wildman–Crippen MR) is 97.1 cm³/mol. The second-order valence-electron chi connectivity index (χ2n) is 5.78. The first kappa shape index (κ1) is 13.1. The minimum Gasteiger partial charge on any atom is -0.157 e. The molecular weight excluding hydrogens is 296 g/mol. The number of azo groups is 2. The van der Waals surface area contributed by atoms with Crippen LogP contribution in [-0.4, -0.2) is 0 Å². The summed E-state index contributed by atoms with van der Waals surface area (Å²) >= 11 is 0. The quantitative estimate of drug-likeness (QED) is 0.321. The van der Waals surface area contributed by atoms with Gasteiger partial charge in [0.2, 0.25) is 0 Å². The van der Waals surface area contributed by atoms with Crippen LogP contribution in [0.2, 0.25) is 0 Å². The zero-order valence-corrected chi connectivity index (χ0v) is 12.7. The molecule has 0 saturated heterocycles. The topological polar surface area (TPSA) is 49.4 Å². The summed E-state index contributed by atoms with van der Waals surface area (Å²) in [6.07, 6.45) is 3.07. The van der Waals surface area contributed by atoms with Crippen LogP contribution < -0.4 is 0 Å². The summed E-state index contributed by atoms with van der Waals surface area (Å²) in [4.78, 5) is 0. The van der Waals surface area contributed by atoms with Crippen molar-refractivity contribution < 1.29 is 0 Å². The fourth-order valence-corrected chi connectivity index (χ4v) is 3.17. The first-order valence-corrected chi connectivity index (χ1v) is 7.74. The maximum atomic E-state index is 4.33. The summed E-state index contributed by atoms with van der Waals surface area (Å²) in [6, 6.07) is 21.2. The number of hydrogen-bond donors (Lipinski definition) is 0. The molecule has 1 aliphatic heterocycles. The van der Waals surface area contributed by atoms with E-state index in [0.29, 0.717) is 0 Å². The molecule has 24 heavy (non-hydrogen) atoms. The van der Waals surface area contributed by atoms with Crippen LogP contribution in [0.5, 0.6) is 0 Å². The highest BCUT2D eigenvalue weighted by Crippen LogP contribution is 2.39. The van der Waals surface area contributed by atoms with E-state index in [2.05, 4.69) is 75.1 Å². The highest BCUT2D eigenvalue weighted by molar-refractivity contribution is 6.08. The van der Waals surface area contributed by atoms with E-state index in [9.17, 15) is 0 Å². The van der Waals surface area contributed by atoms with Crippen molar-refractivity contribution in [2.75, 3.05) is 0 Å². The highest BCUT2D eigenvalue weighted by Gasteiger charge is 2.10. The second-order valence-corrected chi connectivity index (χ2v) is 5.78. The minimum absolute atomic E-state index is 0.732. The molecule has 1 heterocycles. The SMILES string of the molecule is C1=CN=Nc2c(ccc3cc4cc5ccccc5cc4cc23)N=N1. The lowest BCUT2D eigenvalue weighted by Gasteiger charge is -2.08. The molecule has 4 aromatic rings. The van der Waals surface area contributed by atoms with Crippen LogP contribution in [-0.2, 0) is 0 Å². The Labute approximate surface area is 137 Å². The summed E-state index contributed by atoms with van der Waals surface area (Å²) < 4.78 is 0. The second kappa shape index (κ2) is 5.06.